The van der Waals surface area contributed by atoms with Gasteiger partial charge in [-0.05, 0) is 48.5 Å². The van der Waals surface area contributed by atoms with Crippen molar-refractivity contribution in [2.24, 2.45) is 0 Å². The van der Waals surface area contributed by atoms with Crippen molar-refractivity contribution in [3.8, 4) is 11.8 Å². The average molecular weight is 336 g/mol. The largest absolute Gasteiger partial charge is 0.497 e. The lowest BCUT2D eigenvalue weighted by molar-refractivity contribution is -0.597. The lowest BCUT2D eigenvalue weighted by atomic mass is 10.2. The maximum absolute atomic E-state index is 8.72. The van der Waals surface area contributed by atoms with Gasteiger partial charge in [-0.2, -0.15) is 5.26 Å². The summed E-state index contributed by atoms with van der Waals surface area (Å²) < 4.78 is 7.78. The molecule has 0 atom stereocenters. The zero-order chi connectivity index (χ0) is 12.1. The van der Waals surface area contributed by atoms with Gasteiger partial charge < -0.3 is 4.74 Å². The molecule has 0 spiro atoms. The van der Waals surface area contributed by atoms with Crippen molar-refractivity contribution < 1.29 is 25.9 Å². The molecule has 2 nitrogen and oxygen atoms in total. The van der Waals surface area contributed by atoms with Gasteiger partial charge in [0.05, 0.1) is 18.7 Å². The Bertz CT molecular complexity index is 526. The van der Waals surface area contributed by atoms with Crippen molar-refractivity contribution >= 4 is 0 Å². The van der Waals surface area contributed by atoms with E-state index in [1.165, 1.54) is 7.14 Å². The molecule has 0 saturated carbocycles. The van der Waals surface area contributed by atoms with E-state index in [-0.39, 0.29) is 21.2 Å². The molecule has 0 radical (unpaired) electrons. The molecule has 0 N–H and O–H groups in total. The maximum Gasteiger partial charge on any atom is 0.357 e. The van der Waals surface area contributed by atoms with Crippen LogP contribution < -0.4 is 25.9 Å². The molecule has 2 rings (SSSR count). The second-order valence-electron chi connectivity index (χ2n) is 3.37. The lowest BCUT2D eigenvalue weighted by Gasteiger charge is -1.95. The molecule has 0 aliphatic heterocycles. The predicted octanol–water partition coefficient (Wildman–Crippen LogP) is -0.305. The predicted molar refractivity (Wildman–Crippen MR) is 61.5 cm³/mol. The number of hydrogen-bond donors (Lipinski definition) is 0. The molecule has 2 aromatic rings. The molecule has 84 valence electrons. The summed E-state index contributed by atoms with van der Waals surface area (Å²) in [7, 11) is 1.67. The Balaban J connectivity index is 2.11. The second kappa shape index (κ2) is 5.69. The van der Waals surface area contributed by atoms with E-state index in [1.807, 2.05) is 36.4 Å². The summed E-state index contributed by atoms with van der Waals surface area (Å²) in [5, 5.41) is 8.72. The summed E-state index contributed by atoms with van der Waals surface area (Å²) in [4.78, 5) is 0. The Kier molecular flexibility index (Phi) is 3.99. The first-order valence-electron chi connectivity index (χ1n) is 5.11. The van der Waals surface area contributed by atoms with Gasteiger partial charge in [0.15, 0.2) is 7.14 Å². The van der Waals surface area contributed by atoms with Crippen LogP contribution in [-0.2, 0) is 0 Å². The number of benzene rings is 2. The van der Waals surface area contributed by atoms with Crippen molar-refractivity contribution in [1.82, 2.24) is 0 Å². The van der Waals surface area contributed by atoms with Crippen molar-refractivity contribution in [2.75, 3.05) is 7.11 Å². The highest BCUT2D eigenvalue weighted by Crippen LogP contribution is 2.06. The number of rotatable bonds is 3. The average Bonchev–Trinajstić information content (AvgIpc) is 2.40. The number of methoxy groups -OCH3 is 1. The normalized spacial score (nSPS) is 9.65. The molecular formula is C14H11INO+. The van der Waals surface area contributed by atoms with Crippen LogP contribution >= 0.6 is 0 Å². The highest BCUT2D eigenvalue weighted by atomic mass is 127. The number of nitriles is 1. The fraction of sp³-hybridized carbons (Fsp3) is 0.0714. The van der Waals surface area contributed by atoms with E-state index in [2.05, 4.69) is 18.2 Å². The first-order chi connectivity index (χ1) is 8.31. The fourth-order valence-corrected chi connectivity index (χ4v) is 3.50. The Labute approximate surface area is 111 Å². The van der Waals surface area contributed by atoms with Gasteiger partial charge in [-0.3, -0.25) is 0 Å². The third kappa shape index (κ3) is 3.21. The Morgan fingerprint density at radius 3 is 1.94 bits per heavy atom. The van der Waals surface area contributed by atoms with Gasteiger partial charge in [0.1, 0.15) is 5.75 Å². The molecule has 3 heteroatoms. The maximum atomic E-state index is 8.72. The van der Waals surface area contributed by atoms with Crippen molar-refractivity contribution in [2.45, 2.75) is 0 Å². The highest BCUT2D eigenvalue weighted by Gasteiger charge is 2.14. The summed E-state index contributed by atoms with van der Waals surface area (Å²) >= 11 is -0.172. The van der Waals surface area contributed by atoms with Crippen LogP contribution in [0, 0.1) is 18.5 Å². The summed E-state index contributed by atoms with van der Waals surface area (Å²) in [6, 6.07) is 18.1. The molecule has 0 saturated heterocycles. The Morgan fingerprint density at radius 2 is 1.47 bits per heavy atom. The van der Waals surface area contributed by atoms with Crippen LogP contribution in [-0.4, -0.2) is 7.11 Å². The summed E-state index contributed by atoms with van der Waals surface area (Å²) in [6.45, 7) is 0. The van der Waals surface area contributed by atoms with Gasteiger partial charge in [-0.25, -0.2) is 0 Å². The van der Waals surface area contributed by atoms with Crippen LogP contribution in [0.2, 0.25) is 0 Å². The zero-order valence-electron chi connectivity index (χ0n) is 9.35. The van der Waals surface area contributed by atoms with Gasteiger partial charge in [0.2, 0.25) is 0 Å². The molecule has 0 aliphatic rings. The van der Waals surface area contributed by atoms with Crippen LogP contribution in [0.5, 0.6) is 5.75 Å². The molecule has 0 aliphatic carbocycles. The Hall–Kier alpha value is -1.54. The van der Waals surface area contributed by atoms with Gasteiger partial charge in [0, 0.05) is 0 Å². The topological polar surface area (TPSA) is 33.0 Å². The lowest BCUT2D eigenvalue weighted by Crippen LogP contribution is -3.61. The molecule has 0 heterocycles. The molecule has 0 fully saturated rings. The van der Waals surface area contributed by atoms with Crippen LogP contribution in [0.4, 0.5) is 0 Å². The molecule has 0 bridgehead atoms. The van der Waals surface area contributed by atoms with Crippen LogP contribution in [0.15, 0.2) is 48.5 Å². The first-order valence-corrected chi connectivity index (χ1v) is 7.26. The third-order valence-electron chi connectivity index (χ3n) is 2.24. The molecular weight excluding hydrogens is 325 g/mol. The van der Waals surface area contributed by atoms with Crippen LogP contribution in [0.1, 0.15) is 5.56 Å². The van der Waals surface area contributed by atoms with E-state index in [4.69, 9.17) is 10.00 Å². The number of ether oxygens (including phenoxy) is 1. The van der Waals surface area contributed by atoms with Gasteiger partial charge in [-0.15, -0.1) is 0 Å². The standard InChI is InChI=1S/C14H11INO/c1-17-14-8-6-13(7-9-14)15-12-4-2-11(10-16)3-5-12/h2-9H,1H3/q+1. The van der Waals surface area contributed by atoms with E-state index in [0.29, 0.717) is 5.56 Å². The van der Waals surface area contributed by atoms with Crippen LogP contribution in [0.25, 0.3) is 0 Å². The summed E-state index contributed by atoms with van der Waals surface area (Å²) in [5.41, 5.74) is 0.715. The second-order valence-corrected chi connectivity index (χ2v) is 6.40. The SMILES string of the molecule is COc1ccc([I+]c2ccc(C#N)cc2)cc1. The van der Waals surface area contributed by atoms with Crippen molar-refractivity contribution in [3.05, 3.63) is 61.2 Å². The van der Waals surface area contributed by atoms with Gasteiger partial charge >= 0.3 is 21.2 Å². The van der Waals surface area contributed by atoms with Crippen molar-refractivity contribution in [1.29, 1.82) is 5.26 Å². The van der Waals surface area contributed by atoms with E-state index >= 15 is 0 Å². The van der Waals surface area contributed by atoms with Gasteiger partial charge in [-0.1, -0.05) is 0 Å². The molecule has 0 amide bonds. The Morgan fingerprint density at radius 1 is 0.941 bits per heavy atom. The smallest absolute Gasteiger partial charge is 0.357 e. The minimum atomic E-state index is -0.172. The van der Waals surface area contributed by atoms with Crippen LogP contribution in [0.3, 0.4) is 0 Å². The minimum absolute atomic E-state index is 0.172. The minimum Gasteiger partial charge on any atom is -0.497 e. The summed E-state index contributed by atoms with van der Waals surface area (Å²) in [5.74, 6) is 0.887. The first kappa shape index (κ1) is 11.9. The zero-order valence-corrected chi connectivity index (χ0v) is 11.5. The van der Waals surface area contributed by atoms with E-state index in [9.17, 15) is 0 Å². The molecule has 0 aromatic heterocycles. The number of nitrogens with zero attached hydrogens (tertiary/aromatic N) is 1. The molecule has 2 aromatic carbocycles. The quantitative estimate of drug-likeness (QED) is 0.721. The monoisotopic (exact) mass is 336 g/mol. The third-order valence-corrected chi connectivity index (χ3v) is 4.92. The number of hydrogen-bond acceptors (Lipinski definition) is 2. The van der Waals surface area contributed by atoms with E-state index < -0.39 is 0 Å². The van der Waals surface area contributed by atoms with Gasteiger partial charge in [0.25, 0.3) is 0 Å². The molecule has 0 unspecified atom stereocenters. The fourth-order valence-electron chi connectivity index (χ4n) is 1.35. The number of halogens is 1. The summed E-state index contributed by atoms with van der Waals surface area (Å²) in [6.07, 6.45) is 0. The highest BCUT2D eigenvalue weighted by molar-refractivity contribution is 5.27. The molecule has 17 heavy (non-hydrogen) atoms. The van der Waals surface area contributed by atoms with Crippen molar-refractivity contribution in [3.63, 3.8) is 0 Å². The van der Waals surface area contributed by atoms with E-state index in [0.717, 1.165) is 5.75 Å². The van der Waals surface area contributed by atoms with E-state index in [1.54, 1.807) is 7.11 Å².